The number of carbonyl (C=O) groups is 1. The Balaban J connectivity index is 1.94. The van der Waals surface area contributed by atoms with Crippen molar-refractivity contribution >= 4 is 6.03 Å². The maximum absolute atomic E-state index is 13.7. The van der Waals surface area contributed by atoms with Gasteiger partial charge >= 0.3 is 12.2 Å². The molecule has 2 rings (SSSR count). The highest BCUT2D eigenvalue weighted by Gasteiger charge is 2.63. The third-order valence-electron chi connectivity index (χ3n) is 4.10. The molecule has 1 aromatic heterocycles. The molecule has 25 heavy (non-hydrogen) atoms. The molecule has 1 aliphatic rings. The summed E-state index contributed by atoms with van der Waals surface area (Å²) in [6.45, 7) is 2.84. The predicted octanol–water partition coefficient (Wildman–Crippen LogP) is 0.829. The summed E-state index contributed by atoms with van der Waals surface area (Å²) in [5, 5.41) is 9.08. The highest BCUT2D eigenvalue weighted by Crippen LogP contribution is 2.46. The van der Waals surface area contributed by atoms with Crippen LogP contribution in [0.1, 0.15) is 18.1 Å². The Labute approximate surface area is 143 Å². The van der Waals surface area contributed by atoms with Gasteiger partial charge in [-0.1, -0.05) is 5.16 Å². The molecule has 0 spiro atoms. The van der Waals surface area contributed by atoms with Gasteiger partial charge in [0.1, 0.15) is 0 Å². The zero-order chi connectivity index (χ0) is 18.5. The molecule has 1 unspecified atom stereocenters. The molecule has 11 heteroatoms. The number of methoxy groups -OCH3 is 1. The van der Waals surface area contributed by atoms with Gasteiger partial charge < -0.3 is 24.8 Å². The fourth-order valence-corrected chi connectivity index (χ4v) is 2.67. The standard InChI is InChI=1S/C14H22F3N5O3/c1-10-20-11(25-21-10)13(14(15,16)17)3-7-22(9-13)12(23)19-5-4-18-6-8-24-2/h18H,3-9H2,1-2H3,(H,19,23). The van der Waals surface area contributed by atoms with Crippen LogP contribution in [0, 0.1) is 6.92 Å². The number of amides is 2. The second-order valence-electron chi connectivity index (χ2n) is 5.87. The van der Waals surface area contributed by atoms with Crippen molar-refractivity contribution in [2.75, 3.05) is 46.4 Å². The number of carbonyl (C=O) groups excluding carboxylic acids is 1. The lowest BCUT2D eigenvalue weighted by Gasteiger charge is -2.28. The first-order valence-electron chi connectivity index (χ1n) is 7.90. The Morgan fingerprint density at radius 3 is 2.76 bits per heavy atom. The lowest BCUT2D eigenvalue weighted by atomic mass is 9.86. The molecule has 1 fully saturated rings. The minimum absolute atomic E-state index is 0.0378. The van der Waals surface area contributed by atoms with Crippen molar-refractivity contribution < 1.29 is 27.2 Å². The Bertz CT molecular complexity index is 580. The molecule has 0 saturated carbocycles. The zero-order valence-electron chi connectivity index (χ0n) is 14.2. The van der Waals surface area contributed by atoms with Crippen molar-refractivity contribution in [1.29, 1.82) is 0 Å². The quantitative estimate of drug-likeness (QED) is 0.696. The molecule has 2 N–H and O–H groups in total. The molecule has 142 valence electrons. The number of aryl methyl sites for hydroxylation is 1. The first-order chi connectivity index (χ1) is 11.8. The Kier molecular flexibility index (Phi) is 6.22. The minimum Gasteiger partial charge on any atom is -0.383 e. The van der Waals surface area contributed by atoms with E-state index in [-0.39, 0.29) is 18.8 Å². The second-order valence-corrected chi connectivity index (χ2v) is 5.87. The molecule has 1 saturated heterocycles. The largest absolute Gasteiger partial charge is 0.405 e. The van der Waals surface area contributed by atoms with Crippen LogP contribution in [0.5, 0.6) is 0 Å². The van der Waals surface area contributed by atoms with Crippen molar-refractivity contribution in [1.82, 2.24) is 25.7 Å². The maximum Gasteiger partial charge on any atom is 0.405 e. The second kappa shape index (κ2) is 8.00. The van der Waals surface area contributed by atoms with Gasteiger partial charge in [-0.15, -0.1) is 0 Å². The Morgan fingerprint density at radius 1 is 1.40 bits per heavy atom. The number of nitrogens with one attached hydrogen (secondary N) is 2. The van der Waals surface area contributed by atoms with Crippen LogP contribution in [0.2, 0.25) is 0 Å². The first kappa shape index (κ1) is 19.4. The van der Waals surface area contributed by atoms with E-state index in [0.717, 1.165) is 4.90 Å². The van der Waals surface area contributed by atoms with Crippen molar-refractivity contribution in [3.8, 4) is 0 Å². The minimum atomic E-state index is -4.59. The number of hydrogen-bond donors (Lipinski definition) is 2. The molecule has 0 bridgehead atoms. The van der Waals surface area contributed by atoms with E-state index in [0.29, 0.717) is 26.2 Å². The van der Waals surface area contributed by atoms with Crippen molar-refractivity contribution in [2.24, 2.45) is 0 Å². The average Bonchev–Trinajstić information content (AvgIpc) is 3.17. The summed E-state index contributed by atoms with van der Waals surface area (Å²) >= 11 is 0. The zero-order valence-corrected chi connectivity index (χ0v) is 14.2. The molecule has 1 aromatic rings. The average molecular weight is 365 g/mol. The summed E-state index contributed by atoms with van der Waals surface area (Å²) < 4.78 is 50.6. The van der Waals surface area contributed by atoms with Crippen LogP contribution in [-0.4, -0.2) is 73.7 Å². The lowest BCUT2D eigenvalue weighted by Crippen LogP contribution is -2.48. The number of aromatic nitrogens is 2. The number of alkyl halides is 3. The van der Waals surface area contributed by atoms with Gasteiger partial charge in [-0.3, -0.25) is 0 Å². The van der Waals surface area contributed by atoms with E-state index in [2.05, 4.69) is 20.8 Å². The molecule has 8 nitrogen and oxygen atoms in total. The molecule has 2 heterocycles. The van der Waals surface area contributed by atoms with Crippen molar-refractivity contribution in [3.63, 3.8) is 0 Å². The summed E-state index contributed by atoms with van der Waals surface area (Å²) in [4.78, 5) is 17.0. The molecule has 0 aromatic carbocycles. The fraction of sp³-hybridized carbons (Fsp3) is 0.786. The lowest BCUT2D eigenvalue weighted by molar-refractivity contribution is -0.193. The fourth-order valence-electron chi connectivity index (χ4n) is 2.67. The van der Waals surface area contributed by atoms with E-state index in [4.69, 9.17) is 9.26 Å². The molecule has 0 aliphatic carbocycles. The van der Waals surface area contributed by atoms with E-state index in [1.807, 2.05) is 0 Å². The van der Waals surface area contributed by atoms with E-state index in [1.54, 1.807) is 7.11 Å². The van der Waals surface area contributed by atoms with Gasteiger partial charge in [0.15, 0.2) is 11.2 Å². The van der Waals surface area contributed by atoms with Gasteiger partial charge in [0.25, 0.3) is 0 Å². The van der Waals surface area contributed by atoms with E-state index in [9.17, 15) is 18.0 Å². The van der Waals surface area contributed by atoms with Crippen LogP contribution in [0.15, 0.2) is 4.52 Å². The van der Waals surface area contributed by atoms with Crippen LogP contribution in [0.25, 0.3) is 0 Å². The molecule has 0 radical (unpaired) electrons. The monoisotopic (exact) mass is 365 g/mol. The number of urea groups is 1. The maximum atomic E-state index is 13.7. The van der Waals surface area contributed by atoms with Gasteiger partial charge in [-0.05, 0) is 13.3 Å². The summed E-state index contributed by atoms with van der Waals surface area (Å²) in [6.07, 6.45) is -4.90. The van der Waals surface area contributed by atoms with Gasteiger partial charge in [0.05, 0.1) is 6.61 Å². The van der Waals surface area contributed by atoms with E-state index < -0.39 is 30.1 Å². The van der Waals surface area contributed by atoms with Crippen LogP contribution >= 0.6 is 0 Å². The van der Waals surface area contributed by atoms with Crippen LogP contribution in [0.3, 0.4) is 0 Å². The number of halogens is 3. The highest BCUT2D eigenvalue weighted by molar-refractivity contribution is 5.74. The Hall–Kier alpha value is -1.88. The van der Waals surface area contributed by atoms with E-state index >= 15 is 0 Å². The van der Waals surface area contributed by atoms with E-state index in [1.165, 1.54) is 6.92 Å². The van der Waals surface area contributed by atoms with Crippen LogP contribution in [-0.2, 0) is 10.2 Å². The number of hydrogen-bond acceptors (Lipinski definition) is 6. The number of likely N-dealkylation sites (tertiary alicyclic amines) is 1. The molecular formula is C14H22F3N5O3. The smallest absolute Gasteiger partial charge is 0.383 e. The first-order valence-corrected chi connectivity index (χ1v) is 7.90. The van der Waals surface area contributed by atoms with Crippen LogP contribution in [0.4, 0.5) is 18.0 Å². The number of nitrogens with zero attached hydrogens (tertiary/aromatic N) is 3. The summed E-state index contributed by atoms with van der Waals surface area (Å²) in [5.41, 5.74) is -2.32. The highest BCUT2D eigenvalue weighted by atomic mass is 19.4. The van der Waals surface area contributed by atoms with Crippen molar-refractivity contribution in [3.05, 3.63) is 11.7 Å². The normalized spacial score (nSPS) is 20.9. The summed E-state index contributed by atoms with van der Waals surface area (Å²) in [6, 6.07) is -0.545. The summed E-state index contributed by atoms with van der Waals surface area (Å²) in [7, 11) is 1.58. The third kappa shape index (κ3) is 4.40. The number of rotatable bonds is 7. The summed E-state index contributed by atoms with van der Waals surface area (Å²) in [5.74, 6) is -0.363. The molecule has 2 amide bonds. The Morgan fingerprint density at radius 2 is 2.16 bits per heavy atom. The molecule has 1 aliphatic heterocycles. The van der Waals surface area contributed by atoms with Crippen LogP contribution < -0.4 is 10.6 Å². The van der Waals surface area contributed by atoms with Crippen molar-refractivity contribution in [2.45, 2.75) is 24.9 Å². The van der Waals surface area contributed by atoms with Gasteiger partial charge in [0, 0.05) is 39.8 Å². The topological polar surface area (TPSA) is 92.5 Å². The molecule has 1 atom stereocenters. The predicted molar refractivity (Wildman–Crippen MR) is 81.1 cm³/mol. The van der Waals surface area contributed by atoms with Gasteiger partial charge in [-0.25, -0.2) is 4.79 Å². The SMILES string of the molecule is COCCNCCNC(=O)N1CCC(c2nc(C)no2)(C(F)(F)F)C1. The molecular weight excluding hydrogens is 343 g/mol. The van der Waals surface area contributed by atoms with Gasteiger partial charge in [0.2, 0.25) is 5.89 Å². The third-order valence-corrected chi connectivity index (χ3v) is 4.10. The number of ether oxygens (including phenoxy) is 1. The van der Waals surface area contributed by atoms with Gasteiger partial charge in [-0.2, -0.15) is 18.2 Å².